The van der Waals surface area contributed by atoms with E-state index in [1.165, 1.54) is 32.4 Å². The third-order valence-corrected chi connectivity index (χ3v) is 5.13. The van der Waals surface area contributed by atoms with Crippen LogP contribution in [0.1, 0.15) is 5.56 Å². The van der Waals surface area contributed by atoms with Crippen molar-refractivity contribution < 1.29 is 17.9 Å². The standard InChI is InChI=1S/C14H15BrN2O4S/c1-9-6-14(16-8-11(9)15)17-22(18,19)10-4-5-12(20-2)13(7-10)21-3/h4-8H,1-3H3,(H,16,17). The number of sulfonamides is 1. The Morgan fingerprint density at radius 1 is 1.14 bits per heavy atom. The molecule has 2 rings (SSSR count). The molecule has 0 bridgehead atoms. The number of anilines is 1. The highest BCUT2D eigenvalue weighted by Gasteiger charge is 2.18. The zero-order valence-electron chi connectivity index (χ0n) is 12.3. The Hall–Kier alpha value is -1.80. The molecule has 6 nitrogen and oxygen atoms in total. The molecule has 0 aliphatic rings. The lowest BCUT2D eigenvalue weighted by atomic mass is 10.3. The van der Waals surface area contributed by atoms with Crippen LogP contribution in [-0.2, 0) is 10.0 Å². The number of benzene rings is 1. The van der Waals surface area contributed by atoms with E-state index in [-0.39, 0.29) is 10.7 Å². The first-order valence-corrected chi connectivity index (χ1v) is 8.52. The number of hydrogen-bond donors (Lipinski definition) is 1. The average Bonchev–Trinajstić information content (AvgIpc) is 2.50. The molecule has 1 aromatic heterocycles. The number of halogens is 1. The van der Waals surface area contributed by atoms with Gasteiger partial charge < -0.3 is 9.47 Å². The maximum Gasteiger partial charge on any atom is 0.263 e. The molecule has 118 valence electrons. The van der Waals surface area contributed by atoms with E-state index in [2.05, 4.69) is 25.6 Å². The first-order valence-electron chi connectivity index (χ1n) is 6.24. The Kier molecular flexibility index (Phi) is 4.92. The molecule has 1 N–H and O–H groups in total. The fourth-order valence-corrected chi connectivity index (χ4v) is 3.01. The lowest BCUT2D eigenvalue weighted by Crippen LogP contribution is -2.14. The average molecular weight is 387 g/mol. The molecule has 0 saturated carbocycles. The number of aryl methyl sites for hydroxylation is 1. The smallest absolute Gasteiger partial charge is 0.263 e. The molecular formula is C14H15BrN2O4S. The van der Waals surface area contributed by atoms with Gasteiger partial charge in [0.2, 0.25) is 0 Å². The minimum absolute atomic E-state index is 0.0625. The molecule has 0 amide bonds. The van der Waals surface area contributed by atoms with Crippen molar-refractivity contribution in [3.63, 3.8) is 0 Å². The fraction of sp³-hybridized carbons (Fsp3) is 0.214. The Labute approximate surface area is 137 Å². The van der Waals surface area contributed by atoms with Crippen LogP contribution < -0.4 is 14.2 Å². The van der Waals surface area contributed by atoms with E-state index in [0.717, 1.165) is 10.0 Å². The molecule has 0 aliphatic heterocycles. The number of nitrogens with zero attached hydrogens (tertiary/aromatic N) is 1. The molecule has 0 spiro atoms. The fourth-order valence-electron chi connectivity index (χ4n) is 1.78. The van der Waals surface area contributed by atoms with Crippen molar-refractivity contribution in [2.45, 2.75) is 11.8 Å². The third-order valence-electron chi connectivity index (χ3n) is 2.95. The van der Waals surface area contributed by atoms with Crippen molar-refractivity contribution in [3.05, 3.63) is 40.5 Å². The normalized spacial score (nSPS) is 11.1. The van der Waals surface area contributed by atoms with Gasteiger partial charge in [-0.05, 0) is 46.6 Å². The van der Waals surface area contributed by atoms with Crippen LogP contribution in [0.3, 0.4) is 0 Å². The van der Waals surface area contributed by atoms with Crippen LogP contribution in [0.15, 0.2) is 39.8 Å². The summed E-state index contributed by atoms with van der Waals surface area (Å²) < 4.78 is 38.3. The summed E-state index contributed by atoms with van der Waals surface area (Å²) in [5.41, 5.74) is 0.875. The number of hydrogen-bond acceptors (Lipinski definition) is 5. The highest BCUT2D eigenvalue weighted by atomic mass is 79.9. The molecule has 1 heterocycles. The summed E-state index contributed by atoms with van der Waals surface area (Å²) >= 11 is 3.32. The van der Waals surface area contributed by atoms with E-state index >= 15 is 0 Å². The van der Waals surface area contributed by atoms with Crippen molar-refractivity contribution in [3.8, 4) is 11.5 Å². The summed E-state index contributed by atoms with van der Waals surface area (Å²) in [6.07, 6.45) is 1.54. The van der Waals surface area contributed by atoms with Gasteiger partial charge in [-0.25, -0.2) is 13.4 Å². The van der Waals surface area contributed by atoms with Crippen LogP contribution in [0.4, 0.5) is 5.82 Å². The van der Waals surface area contributed by atoms with Gasteiger partial charge in [0.15, 0.2) is 11.5 Å². The molecule has 0 fully saturated rings. The van der Waals surface area contributed by atoms with Crippen LogP contribution in [0.2, 0.25) is 0 Å². The van der Waals surface area contributed by atoms with Crippen LogP contribution in [0.5, 0.6) is 11.5 Å². The minimum atomic E-state index is -3.76. The van der Waals surface area contributed by atoms with Gasteiger partial charge in [0, 0.05) is 16.7 Å². The Bertz CT molecular complexity index is 793. The minimum Gasteiger partial charge on any atom is -0.493 e. The van der Waals surface area contributed by atoms with Crippen LogP contribution >= 0.6 is 15.9 Å². The monoisotopic (exact) mass is 386 g/mol. The number of nitrogens with one attached hydrogen (secondary N) is 1. The summed E-state index contributed by atoms with van der Waals surface area (Å²) in [5, 5.41) is 0. The molecule has 0 saturated heterocycles. The van der Waals surface area contributed by atoms with Gasteiger partial charge in [0.05, 0.1) is 19.1 Å². The van der Waals surface area contributed by atoms with Gasteiger partial charge in [0.1, 0.15) is 5.82 Å². The molecule has 0 radical (unpaired) electrons. The van der Waals surface area contributed by atoms with Crippen molar-refractivity contribution in [2.24, 2.45) is 0 Å². The van der Waals surface area contributed by atoms with Crippen LogP contribution in [-0.4, -0.2) is 27.6 Å². The van der Waals surface area contributed by atoms with E-state index in [1.807, 2.05) is 6.92 Å². The number of ether oxygens (including phenoxy) is 2. The zero-order chi connectivity index (χ0) is 16.3. The van der Waals surface area contributed by atoms with Gasteiger partial charge in [-0.1, -0.05) is 0 Å². The quantitative estimate of drug-likeness (QED) is 0.854. The van der Waals surface area contributed by atoms with E-state index in [0.29, 0.717) is 11.5 Å². The van der Waals surface area contributed by atoms with Gasteiger partial charge in [0.25, 0.3) is 10.0 Å². The molecule has 0 unspecified atom stereocenters. The lowest BCUT2D eigenvalue weighted by Gasteiger charge is -2.11. The maximum atomic E-state index is 12.4. The van der Waals surface area contributed by atoms with Crippen LogP contribution in [0, 0.1) is 6.92 Å². The van der Waals surface area contributed by atoms with Crippen LogP contribution in [0.25, 0.3) is 0 Å². The maximum absolute atomic E-state index is 12.4. The van der Waals surface area contributed by atoms with Gasteiger partial charge >= 0.3 is 0 Å². The van der Waals surface area contributed by atoms with E-state index in [9.17, 15) is 8.42 Å². The Morgan fingerprint density at radius 2 is 1.82 bits per heavy atom. The lowest BCUT2D eigenvalue weighted by molar-refractivity contribution is 0.354. The number of methoxy groups -OCH3 is 2. The second-order valence-electron chi connectivity index (χ2n) is 4.44. The van der Waals surface area contributed by atoms with Crippen molar-refractivity contribution >= 4 is 31.8 Å². The largest absolute Gasteiger partial charge is 0.493 e. The summed E-state index contributed by atoms with van der Waals surface area (Å²) in [4.78, 5) is 4.10. The SMILES string of the molecule is COc1ccc(S(=O)(=O)Nc2cc(C)c(Br)cn2)cc1OC. The van der Waals surface area contributed by atoms with Gasteiger partial charge in [-0.15, -0.1) is 0 Å². The number of aromatic nitrogens is 1. The molecular weight excluding hydrogens is 372 g/mol. The summed E-state index contributed by atoms with van der Waals surface area (Å²) in [6.45, 7) is 1.85. The predicted octanol–water partition coefficient (Wildman–Crippen LogP) is 2.97. The Morgan fingerprint density at radius 3 is 2.41 bits per heavy atom. The van der Waals surface area contributed by atoms with Crippen molar-refractivity contribution in [1.82, 2.24) is 4.98 Å². The van der Waals surface area contributed by atoms with E-state index in [4.69, 9.17) is 9.47 Å². The van der Waals surface area contributed by atoms with E-state index < -0.39 is 10.0 Å². The molecule has 2 aromatic rings. The first kappa shape index (κ1) is 16.6. The zero-order valence-corrected chi connectivity index (χ0v) is 14.7. The van der Waals surface area contributed by atoms with Gasteiger partial charge in [-0.3, -0.25) is 4.72 Å². The predicted molar refractivity (Wildman–Crippen MR) is 87.0 cm³/mol. The third kappa shape index (κ3) is 3.50. The molecule has 0 aliphatic carbocycles. The molecule has 1 aromatic carbocycles. The number of rotatable bonds is 5. The topological polar surface area (TPSA) is 77.5 Å². The Balaban J connectivity index is 2.35. The second-order valence-corrected chi connectivity index (χ2v) is 6.98. The second kappa shape index (κ2) is 6.53. The highest BCUT2D eigenvalue weighted by Crippen LogP contribution is 2.30. The summed E-state index contributed by atoms with van der Waals surface area (Å²) in [7, 11) is -0.833. The molecule has 22 heavy (non-hydrogen) atoms. The van der Waals surface area contributed by atoms with Crippen molar-refractivity contribution in [1.29, 1.82) is 0 Å². The molecule has 8 heteroatoms. The summed E-state index contributed by atoms with van der Waals surface area (Å²) in [5.74, 6) is 1.04. The summed E-state index contributed by atoms with van der Waals surface area (Å²) in [6, 6.07) is 6.01. The highest BCUT2D eigenvalue weighted by molar-refractivity contribution is 9.10. The van der Waals surface area contributed by atoms with Gasteiger partial charge in [-0.2, -0.15) is 0 Å². The number of pyridine rings is 1. The van der Waals surface area contributed by atoms with Crippen molar-refractivity contribution in [2.75, 3.05) is 18.9 Å². The first-order chi connectivity index (χ1) is 10.4. The van der Waals surface area contributed by atoms with E-state index in [1.54, 1.807) is 12.3 Å². The molecule has 0 atom stereocenters.